The van der Waals surface area contributed by atoms with E-state index in [0.29, 0.717) is 15.8 Å². The SMILES string of the molecule is O=C1/C(=C/c2ccc(F)cc2)SC(=S)N1Cc1ccccc1. The summed E-state index contributed by atoms with van der Waals surface area (Å²) in [5.41, 5.74) is 1.81. The lowest BCUT2D eigenvalue weighted by Crippen LogP contribution is -2.27. The van der Waals surface area contributed by atoms with Gasteiger partial charge in [-0.2, -0.15) is 0 Å². The third-order valence-corrected chi connectivity index (χ3v) is 4.60. The molecule has 0 aliphatic carbocycles. The highest BCUT2D eigenvalue weighted by molar-refractivity contribution is 8.26. The van der Waals surface area contributed by atoms with E-state index in [1.54, 1.807) is 23.1 Å². The number of carbonyl (C=O) groups excluding carboxylic acids is 1. The summed E-state index contributed by atoms with van der Waals surface area (Å²) in [4.78, 5) is 14.6. The molecule has 2 aromatic carbocycles. The first kappa shape index (κ1) is 14.9. The van der Waals surface area contributed by atoms with Crippen LogP contribution in [0.2, 0.25) is 0 Å². The third kappa shape index (κ3) is 3.26. The third-order valence-electron chi connectivity index (χ3n) is 3.22. The first-order chi connectivity index (χ1) is 10.6. The van der Waals surface area contributed by atoms with Crippen LogP contribution in [0.1, 0.15) is 11.1 Å². The van der Waals surface area contributed by atoms with Gasteiger partial charge in [-0.3, -0.25) is 9.69 Å². The molecule has 2 aromatic rings. The van der Waals surface area contributed by atoms with Crippen LogP contribution in [0.15, 0.2) is 59.5 Å². The summed E-state index contributed by atoms with van der Waals surface area (Å²) in [6.07, 6.45) is 1.74. The zero-order chi connectivity index (χ0) is 15.5. The van der Waals surface area contributed by atoms with Crippen molar-refractivity contribution in [3.8, 4) is 0 Å². The molecule has 2 nitrogen and oxygen atoms in total. The van der Waals surface area contributed by atoms with E-state index in [1.807, 2.05) is 30.3 Å². The molecule has 0 radical (unpaired) electrons. The van der Waals surface area contributed by atoms with Crippen molar-refractivity contribution < 1.29 is 9.18 Å². The minimum Gasteiger partial charge on any atom is -0.288 e. The summed E-state index contributed by atoms with van der Waals surface area (Å²) in [7, 11) is 0. The average molecular weight is 329 g/mol. The lowest BCUT2D eigenvalue weighted by molar-refractivity contribution is -0.122. The van der Waals surface area contributed by atoms with Gasteiger partial charge in [0, 0.05) is 0 Å². The number of hydrogen-bond donors (Lipinski definition) is 0. The van der Waals surface area contributed by atoms with Crippen molar-refractivity contribution in [2.75, 3.05) is 0 Å². The van der Waals surface area contributed by atoms with Crippen LogP contribution in [0.5, 0.6) is 0 Å². The molecule has 0 aromatic heterocycles. The molecule has 1 heterocycles. The van der Waals surface area contributed by atoms with Crippen molar-refractivity contribution in [2.24, 2.45) is 0 Å². The summed E-state index contributed by atoms with van der Waals surface area (Å²) in [6, 6.07) is 15.7. The fourth-order valence-electron chi connectivity index (χ4n) is 2.11. The molecule has 0 bridgehead atoms. The van der Waals surface area contributed by atoms with Gasteiger partial charge in [0.05, 0.1) is 11.4 Å². The Bertz CT molecular complexity index is 741. The van der Waals surface area contributed by atoms with E-state index in [9.17, 15) is 9.18 Å². The van der Waals surface area contributed by atoms with Crippen LogP contribution in [0.3, 0.4) is 0 Å². The Morgan fingerprint density at radius 3 is 2.45 bits per heavy atom. The molecule has 0 spiro atoms. The van der Waals surface area contributed by atoms with Crippen LogP contribution in [0.25, 0.3) is 6.08 Å². The minimum absolute atomic E-state index is 0.108. The molecular formula is C17H12FNOS2. The minimum atomic E-state index is -0.297. The first-order valence-corrected chi connectivity index (χ1v) is 7.91. The van der Waals surface area contributed by atoms with E-state index in [0.717, 1.165) is 11.1 Å². The molecule has 5 heteroatoms. The van der Waals surface area contributed by atoms with Gasteiger partial charge in [-0.25, -0.2) is 4.39 Å². The maximum absolute atomic E-state index is 12.9. The highest BCUT2D eigenvalue weighted by Gasteiger charge is 2.31. The molecule has 0 unspecified atom stereocenters. The quantitative estimate of drug-likeness (QED) is 0.621. The second-order valence-electron chi connectivity index (χ2n) is 4.81. The number of hydrogen-bond acceptors (Lipinski definition) is 3. The Balaban J connectivity index is 1.80. The van der Waals surface area contributed by atoms with E-state index in [2.05, 4.69) is 0 Å². The average Bonchev–Trinajstić information content (AvgIpc) is 2.78. The molecule has 0 N–H and O–H groups in total. The monoisotopic (exact) mass is 329 g/mol. The van der Waals surface area contributed by atoms with Gasteiger partial charge in [0.1, 0.15) is 10.1 Å². The molecule has 22 heavy (non-hydrogen) atoms. The predicted molar refractivity (Wildman–Crippen MR) is 91.6 cm³/mol. The van der Waals surface area contributed by atoms with E-state index >= 15 is 0 Å². The summed E-state index contributed by atoms with van der Waals surface area (Å²) in [5, 5.41) is 0. The number of benzene rings is 2. The number of halogens is 1. The van der Waals surface area contributed by atoms with Crippen molar-refractivity contribution in [2.45, 2.75) is 6.54 Å². The maximum atomic E-state index is 12.9. The largest absolute Gasteiger partial charge is 0.288 e. The van der Waals surface area contributed by atoms with Gasteiger partial charge in [0.15, 0.2) is 0 Å². The fraction of sp³-hybridized carbons (Fsp3) is 0.0588. The van der Waals surface area contributed by atoms with Crippen molar-refractivity contribution in [3.63, 3.8) is 0 Å². The molecule has 3 rings (SSSR count). The van der Waals surface area contributed by atoms with Gasteiger partial charge in [0.2, 0.25) is 0 Å². The molecule has 1 fully saturated rings. The van der Waals surface area contributed by atoms with E-state index < -0.39 is 0 Å². The van der Waals surface area contributed by atoms with Crippen molar-refractivity contribution in [1.29, 1.82) is 0 Å². The lowest BCUT2D eigenvalue weighted by atomic mass is 10.2. The predicted octanol–water partition coefficient (Wildman–Crippen LogP) is 4.23. The molecule has 1 aliphatic rings. The second-order valence-corrected chi connectivity index (χ2v) is 6.48. The number of thioether (sulfide) groups is 1. The summed E-state index contributed by atoms with van der Waals surface area (Å²) in [6.45, 7) is 0.465. The Labute approximate surface area is 137 Å². The van der Waals surface area contributed by atoms with Gasteiger partial charge in [0.25, 0.3) is 5.91 Å². The standard InChI is InChI=1S/C17H12FNOS2/c18-14-8-6-12(7-9-14)10-15-16(20)19(17(21)22-15)11-13-4-2-1-3-5-13/h1-10H,11H2/b15-10-. The van der Waals surface area contributed by atoms with Crippen LogP contribution in [-0.4, -0.2) is 15.1 Å². The van der Waals surface area contributed by atoms with Crippen LogP contribution < -0.4 is 0 Å². The zero-order valence-electron chi connectivity index (χ0n) is 11.5. The molecule has 0 saturated carbocycles. The van der Waals surface area contributed by atoms with Gasteiger partial charge < -0.3 is 0 Å². The fourth-order valence-corrected chi connectivity index (χ4v) is 3.37. The number of nitrogens with zero attached hydrogens (tertiary/aromatic N) is 1. The number of thiocarbonyl (C=S) groups is 1. The summed E-state index contributed by atoms with van der Waals surface area (Å²) in [5.74, 6) is -0.406. The van der Waals surface area contributed by atoms with Crippen molar-refractivity contribution in [3.05, 3.63) is 76.4 Å². The van der Waals surface area contributed by atoms with Crippen LogP contribution >= 0.6 is 24.0 Å². The van der Waals surface area contributed by atoms with E-state index in [-0.39, 0.29) is 11.7 Å². The summed E-state index contributed by atoms with van der Waals surface area (Å²) >= 11 is 6.57. The number of carbonyl (C=O) groups is 1. The normalized spacial score (nSPS) is 16.6. The van der Waals surface area contributed by atoms with E-state index in [4.69, 9.17) is 12.2 Å². The molecule has 1 saturated heterocycles. The van der Waals surface area contributed by atoms with Crippen LogP contribution in [0.4, 0.5) is 4.39 Å². The van der Waals surface area contributed by atoms with Gasteiger partial charge >= 0.3 is 0 Å². The van der Waals surface area contributed by atoms with Crippen LogP contribution in [0, 0.1) is 5.82 Å². The van der Waals surface area contributed by atoms with Gasteiger partial charge in [-0.1, -0.05) is 66.4 Å². The van der Waals surface area contributed by atoms with E-state index in [1.165, 1.54) is 23.9 Å². The Hall–Kier alpha value is -1.98. The Morgan fingerprint density at radius 2 is 1.77 bits per heavy atom. The topological polar surface area (TPSA) is 20.3 Å². The van der Waals surface area contributed by atoms with Crippen LogP contribution in [-0.2, 0) is 11.3 Å². The zero-order valence-corrected chi connectivity index (χ0v) is 13.2. The highest BCUT2D eigenvalue weighted by atomic mass is 32.2. The second kappa shape index (κ2) is 6.42. The Morgan fingerprint density at radius 1 is 1.09 bits per heavy atom. The van der Waals surface area contributed by atoms with Crippen molar-refractivity contribution >= 4 is 40.3 Å². The van der Waals surface area contributed by atoms with Gasteiger partial charge in [-0.05, 0) is 29.3 Å². The molecule has 1 aliphatic heterocycles. The van der Waals surface area contributed by atoms with Gasteiger partial charge in [-0.15, -0.1) is 0 Å². The molecule has 0 atom stereocenters. The molecular weight excluding hydrogens is 317 g/mol. The number of rotatable bonds is 3. The highest BCUT2D eigenvalue weighted by Crippen LogP contribution is 2.33. The first-order valence-electron chi connectivity index (χ1n) is 6.68. The smallest absolute Gasteiger partial charge is 0.266 e. The Kier molecular flexibility index (Phi) is 4.36. The maximum Gasteiger partial charge on any atom is 0.266 e. The summed E-state index contributed by atoms with van der Waals surface area (Å²) < 4.78 is 13.5. The molecule has 1 amide bonds. The van der Waals surface area contributed by atoms with Crippen molar-refractivity contribution in [1.82, 2.24) is 4.90 Å². The molecule has 110 valence electrons. The number of amides is 1. The lowest BCUT2D eigenvalue weighted by Gasteiger charge is -2.14.